The maximum absolute atomic E-state index is 12.0. The molecular formula is C11H11Cl2F3N2O2. The van der Waals surface area contributed by atoms with E-state index in [9.17, 15) is 18.0 Å². The van der Waals surface area contributed by atoms with Crippen LogP contribution in [0.25, 0.3) is 0 Å². The van der Waals surface area contributed by atoms with Gasteiger partial charge in [0, 0.05) is 5.69 Å². The molecule has 1 atom stereocenters. The van der Waals surface area contributed by atoms with E-state index in [0.717, 1.165) is 0 Å². The molecule has 0 bridgehead atoms. The Kier molecular flexibility index (Phi) is 5.50. The van der Waals surface area contributed by atoms with E-state index in [4.69, 9.17) is 28.9 Å². The fourth-order valence-corrected chi connectivity index (χ4v) is 1.83. The van der Waals surface area contributed by atoms with Gasteiger partial charge in [-0.1, -0.05) is 23.2 Å². The van der Waals surface area contributed by atoms with Gasteiger partial charge in [0.2, 0.25) is 0 Å². The van der Waals surface area contributed by atoms with Crippen molar-refractivity contribution in [1.82, 2.24) is 0 Å². The van der Waals surface area contributed by atoms with E-state index in [-0.39, 0.29) is 15.7 Å². The number of hydrogen-bond donors (Lipinski definition) is 2. The topological polar surface area (TPSA) is 64.3 Å². The molecular weight excluding hydrogens is 320 g/mol. The van der Waals surface area contributed by atoms with E-state index in [2.05, 4.69) is 10.1 Å². The predicted octanol–water partition coefficient (Wildman–Crippen LogP) is 3.48. The molecule has 9 heteroatoms. The minimum Gasteiger partial charge on any atom is -0.399 e. The summed E-state index contributed by atoms with van der Waals surface area (Å²) >= 11 is 11.7. The Morgan fingerprint density at radius 1 is 1.40 bits per heavy atom. The molecule has 1 rings (SSSR count). The number of alkyl halides is 3. The highest BCUT2D eigenvalue weighted by Crippen LogP contribution is 2.33. The molecule has 0 aliphatic rings. The number of nitrogens with two attached hydrogens (primary N) is 1. The number of nitrogen functional groups attached to an aromatic ring is 1. The van der Waals surface area contributed by atoms with Gasteiger partial charge in [-0.3, -0.25) is 4.79 Å². The van der Waals surface area contributed by atoms with Crippen LogP contribution in [0.2, 0.25) is 10.0 Å². The summed E-state index contributed by atoms with van der Waals surface area (Å²) in [5, 5.41) is 2.44. The number of halogens is 5. The third-order valence-corrected chi connectivity index (χ3v) is 2.78. The number of rotatable bonds is 4. The van der Waals surface area contributed by atoms with Crippen LogP contribution in [0.15, 0.2) is 12.1 Å². The standard InChI is InChI=1S/C11H11Cl2F3N2O2/c1-5(20-4-11(14,15)16)10(19)18-9-7(12)2-6(17)3-8(9)13/h2-3,5H,4,17H2,1H3,(H,18,19). The van der Waals surface area contributed by atoms with Crippen LogP contribution < -0.4 is 11.1 Å². The van der Waals surface area contributed by atoms with E-state index in [1.807, 2.05) is 0 Å². The molecule has 0 aliphatic carbocycles. The lowest BCUT2D eigenvalue weighted by Crippen LogP contribution is -2.31. The lowest BCUT2D eigenvalue weighted by atomic mass is 10.2. The predicted molar refractivity (Wildman–Crippen MR) is 71.0 cm³/mol. The van der Waals surface area contributed by atoms with Crippen molar-refractivity contribution in [3.05, 3.63) is 22.2 Å². The first-order valence-corrected chi connectivity index (χ1v) is 6.09. The van der Waals surface area contributed by atoms with E-state index in [1.165, 1.54) is 19.1 Å². The Morgan fingerprint density at radius 2 is 1.90 bits per heavy atom. The number of benzene rings is 1. The molecule has 3 N–H and O–H groups in total. The number of amides is 1. The zero-order valence-electron chi connectivity index (χ0n) is 10.2. The third kappa shape index (κ3) is 5.07. The molecule has 0 fully saturated rings. The van der Waals surface area contributed by atoms with Crippen molar-refractivity contribution in [2.75, 3.05) is 17.7 Å². The molecule has 20 heavy (non-hydrogen) atoms. The zero-order valence-corrected chi connectivity index (χ0v) is 11.7. The highest BCUT2D eigenvalue weighted by Gasteiger charge is 2.30. The van der Waals surface area contributed by atoms with Gasteiger partial charge in [0.1, 0.15) is 12.7 Å². The molecule has 0 aromatic heterocycles. The molecule has 0 heterocycles. The highest BCUT2D eigenvalue weighted by molar-refractivity contribution is 6.40. The van der Waals surface area contributed by atoms with Crippen molar-refractivity contribution in [2.24, 2.45) is 0 Å². The number of carbonyl (C=O) groups is 1. The molecule has 1 unspecified atom stereocenters. The first-order chi connectivity index (χ1) is 9.10. The van der Waals surface area contributed by atoms with Crippen LogP contribution in [-0.2, 0) is 9.53 Å². The normalized spacial score (nSPS) is 13.1. The second-order valence-electron chi connectivity index (χ2n) is 3.92. The van der Waals surface area contributed by atoms with Gasteiger partial charge in [-0.05, 0) is 19.1 Å². The molecule has 112 valence electrons. The maximum atomic E-state index is 12.0. The monoisotopic (exact) mass is 330 g/mol. The number of anilines is 2. The van der Waals surface area contributed by atoms with Crippen LogP contribution in [0.3, 0.4) is 0 Å². The summed E-state index contributed by atoms with van der Waals surface area (Å²) in [6.45, 7) is -0.342. The fraction of sp³-hybridized carbons (Fsp3) is 0.364. The SMILES string of the molecule is CC(OCC(F)(F)F)C(=O)Nc1c(Cl)cc(N)cc1Cl. The highest BCUT2D eigenvalue weighted by atomic mass is 35.5. The lowest BCUT2D eigenvalue weighted by Gasteiger charge is -2.16. The Hall–Kier alpha value is -1.18. The summed E-state index contributed by atoms with van der Waals surface area (Å²) in [6.07, 6.45) is -5.83. The van der Waals surface area contributed by atoms with Gasteiger partial charge in [-0.15, -0.1) is 0 Å². The molecule has 0 saturated heterocycles. The van der Waals surface area contributed by atoms with Crippen LogP contribution >= 0.6 is 23.2 Å². The second kappa shape index (κ2) is 6.51. The lowest BCUT2D eigenvalue weighted by molar-refractivity contribution is -0.184. The molecule has 0 saturated carbocycles. The smallest absolute Gasteiger partial charge is 0.399 e. The quantitative estimate of drug-likeness (QED) is 0.830. The number of hydrogen-bond acceptors (Lipinski definition) is 3. The molecule has 1 aromatic rings. The first-order valence-electron chi connectivity index (χ1n) is 5.34. The first kappa shape index (κ1) is 16.9. The van der Waals surface area contributed by atoms with Crippen molar-refractivity contribution in [1.29, 1.82) is 0 Å². The van der Waals surface area contributed by atoms with Gasteiger partial charge >= 0.3 is 6.18 Å². The number of ether oxygens (including phenoxy) is 1. The van der Waals surface area contributed by atoms with Crippen molar-refractivity contribution < 1.29 is 22.7 Å². The van der Waals surface area contributed by atoms with Crippen LogP contribution in [-0.4, -0.2) is 24.8 Å². The molecule has 0 spiro atoms. The van der Waals surface area contributed by atoms with Crippen molar-refractivity contribution in [3.63, 3.8) is 0 Å². The second-order valence-corrected chi connectivity index (χ2v) is 4.73. The van der Waals surface area contributed by atoms with Gasteiger partial charge in [0.25, 0.3) is 5.91 Å². The maximum Gasteiger partial charge on any atom is 0.411 e. The average Bonchev–Trinajstić information content (AvgIpc) is 2.29. The third-order valence-electron chi connectivity index (χ3n) is 2.18. The van der Waals surface area contributed by atoms with Gasteiger partial charge < -0.3 is 15.8 Å². The van der Waals surface area contributed by atoms with E-state index in [0.29, 0.717) is 5.69 Å². The summed E-state index contributed by atoms with van der Waals surface area (Å²) < 4.78 is 40.3. The van der Waals surface area contributed by atoms with Crippen molar-refractivity contribution >= 4 is 40.5 Å². The van der Waals surface area contributed by atoms with Gasteiger partial charge in [0.05, 0.1) is 15.7 Å². The molecule has 1 aromatic carbocycles. The Bertz CT molecular complexity index is 486. The van der Waals surface area contributed by atoms with Crippen molar-refractivity contribution in [3.8, 4) is 0 Å². The zero-order chi connectivity index (χ0) is 15.5. The minimum atomic E-state index is -4.51. The summed E-state index contributed by atoms with van der Waals surface area (Å²) in [5.74, 6) is -0.803. The number of carbonyl (C=O) groups excluding carboxylic acids is 1. The fourth-order valence-electron chi connectivity index (χ4n) is 1.23. The Labute approximate surface area is 123 Å². The average molecular weight is 331 g/mol. The van der Waals surface area contributed by atoms with Crippen LogP contribution in [0.4, 0.5) is 24.5 Å². The molecule has 4 nitrogen and oxygen atoms in total. The summed E-state index contributed by atoms with van der Waals surface area (Å²) in [6, 6.07) is 2.70. The summed E-state index contributed by atoms with van der Waals surface area (Å²) in [7, 11) is 0. The van der Waals surface area contributed by atoms with Crippen molar-refractivity contribution in [2.45, 2.75) is 19.2 Å². The van der Waals surface area contributed by atoms with Crippen LogP contribution in [0.1, 0.15) is 6.92 Å². The minimum absolute atomic E-state index is 0.0648. The summed E-state index contributed by atoms with van der Waals surface area (Å²) in [5.41, 5.74) is 5.84. The van der Waals surface area contributed by atoms with Crippen LogP contribution in [0.5, 0.6) is 0 Å². The number of nitrogens with one attached hydrogen (secondary N) is 1. The van der Waals surface area contributed by atoms with Gasteiger partial charge in [-0.25, -0.2) is 0 Å². The molecule has 1 amide bonds. The summed E-state index contributed by atoms with van der Waals surface area (Å²) in [4.78, 5) is 11.7. The molecule has 0 radical (unpaired) electrons. The largest absolute Gasteiger partial charge is 0.411 e. The van der Waals surface area contributed by atoms with Crippen LogP contribution in [0, 0.1) is 0 Å². The Morgan fingerprint density at radius 3 is 2.35 bits per heavy atom. The van der Waals surface area contributed by atoms with E-state index < -0.39 is 24.8 Å². The van der Waals surface area contributed by atoms with E-state index in [1.54, 1.807) is 0 Å². The van der Waals surface area contributed by atoms with E-state index >= 15 is 0 Å². The van der Waals surface area contributed by atoms with Gasteiger partial charge in [-0.2, -0.15) is 13.2 Å². The van der Waals surface area contributed by atoms with Gasteiger partial charge in [0.15, 0.2) is 0 Å². The Balaban J connectivity index is 2.71. The molecule has 0 aliphatic heterocycles.